The quantitative estimate of drug-likeness (QED) is 0.283. The zero-order valence-corrected chi connectivity index (χ0v) is 19.6. The SMILES string of the molecule is Cc1cc2c(oc3cc(F)ccc32)c(-c2cc(CC(C)(C)C#N)c3ccccc3[n+]2C)c1C. The normalized spacial score (nSPS) is 12.0. The van der Waals surface area contributed by atoms with Gasteiger partial charge in [0.1, 0.15) is 24.0 Å². The van der Waals surface area contributed by atoms with Gasteiger partial charge >= 0.3 is 0 Å². The van der Waals surface area contributed by atoms with Crippen molar-refractivity contribution in [2.24, 2.45) is 12.5 Å². The topological polar surface area (TPSA) is 40.8 Å². The van der Waals surface area contributed by atoms with Crippen LogP contribution in [0, 0.1) is 36.4 Å². The lowest BCUT2D eigenvalue weighted by molar-refractivity contribution is -0.633. The van der Waals surface area contributed by atoms with Gasteiger partial charge in [0.2, 0.25) is 11.2 Å². The van der Waals surface area contributed by atoms with Crippen molar-refractivity contribution in [2.45, 2.75) is 34.1 Å². The molecule has 2 heterocycles. The fourth-order valence-corrected chi connectivity index (χ4v) is 4.83. The zero-order chi connectivity index (χ0) is 23.5. The number of halogens is 1. The van der Waals surface area contributed by atoms with Gasteiger partial charge in [-0.1, -0.05) is 12.1 Å². The second-order valence-corrected chi connectivity index (χ2v) is 9.62. The van der Waals surface area contributed by atoms with Crippen molar-refractivity contribution in [1.82, 2.24) is 0 Å². The molecule has 0 N–H and O–H groups in total. The summed E-state index contributed by atoms with van der Waals surface area (Å²) in [5, 5.41) is 12.7. The smallest absolute Gasteiger partial charge is 0.217 e. The minimum Gasteiger partial charge on any atom is -0.455 e. The summed E-state index contributed by atoms with van der Waals surface area (Å²) in [6.07, 6.45) is 0.636. The van der Waals surface area contributed by atoms with E-state index >= 15 is 0 Å². The van der Waals surface area contributed by atoms with Crippen molar-refractivity contribution < 1.29 is 13.4 Å². The third-order valence-electron chi connectivity index (χ3n) is 6.72. The minimum absolute atomic E-state index is 0.311. The maximum absolute atomic E-state index is 13.9. The molecule has 0 aliphatic rings. The monoisotopic (exact) mass is 437 g/mol. The molecule has 0 radical (unpaired) electrons. The summed E-state index contributed by atoms with van der Waals surface area (Å²) >= 11 is 0. The summed E-state index contributed by atoms with van der Waals surface area (Å²) in [7, 11) is 2.06. The number of hydrogen-bond donors (Lipinski definition) is 0. The molecule has 0 saturated carbocycles. The fourth-order valence-electron chi connectivity index (χ4n) is 4.83. The van der Waals surface area contributed by atoms with Crippen molar-refractivity contribution in [3.05, 3.63) is 77.1 Å². The first-order chi connectivity index (χ1) is 15.7. The predicted octanol–water partition coefficient (Wildman–Crippen LogP) is 7.08. The Morgan fingerprint density at radius 3 is 2.52 bits per heavy atom. The molecule has 5 rings (SSSR count). The largest absolute Gasteiger partial charge is 0.455 e. The van der Waals surface area contributed by atoms with Gasteiger partial charge < -0.3 is 4.42 Å². The van der Waals surface area contributed by atoms with E-state index in [0.717, 1.165) is 55.2 Å². The Labute approximate surface area is 192 Å². The highest BCUT2D eigenvalue weighted by Gasteiger charge is 2.27. The summed E-state index contributed by atoms with van der Waals surface area (Å²) in [6, 6.07) is 19.8. The second-order valence-electron chi connectivity index (χ2n) is 9.62. The predicted molar refractivity (Wildman–Crippen MR) is 130 cm³/mol. The van der Waals surface area contributed by atoms with Gasteiger partial charge in [0.15, 0.2) is 0 Å². The molecule has 2 aromatic heterocycles. The molecule has 5 aromatic rings. The molecule has 3 aromatic carbocycles. The van der Waals surface area contributed by atoms with Crippen LogP contribution in [-0.2, 0) is 13.5 Å². The van der Waals surface area contributed by atoms with Crippen LogP contribution in [0.2, 0.25) is 0 Å². The van der Waals surface area contributed by atoms with Gasteiger partial charge in [-0.2, -0.15) is 9.83 Å². The fraction of sp³-hybridized carbons (Fsp3) is 0.241. The van der Waals surface area contributed by atoms with Crippen LogP contribution in [0.25, 0.3) is 44.1 Å². The molecule has 0 bridgehead atoms. The number of nitrogens with zero attached hydrogens (tertiary/aromatic N) is 2. The molecule has 0 atom stereocenters. The number of furan rings is 1. The standard InChI is InChI=1S/C29H26FN2O/c1-17-12-23-22-11-10-20(30)14-26(22)33-28(23)27(18(17)2)25-13-19(15-29(3,4)16-31)21-8-6-7-9-24(21)32(25)5/h6-14H,15H2,1-5H3/q+1. The minimum atomic E-state index is -0.492. The van der Waals surface area contributed by atoms with Crippen LogP contribution in [0.5, 0.6) is 0 Å². The molecule has 4 heteroatoms. The highest BCUT2D eigenvalue weighted by molar-refractivity contribution is 6.10. The molecule has 164 valence electrons. The summed E-state index contributed by atoms with van der Waals surface area (Å²) in [4.78, 5) is 0. The molecule has 0 spiro atoms. The number of rotatable bonds is 3. The molecule has 0 aliphatic heterocycles. The molecule has 0 saturated heterocycles. The number of pyridine rings is 1. The molecule has 0 aliphatic carbocycles. The van der Waals surface area contributed by atoms with E-state index in [-0.39, 0.29) is 5.82 Å². The Balaban J connectivity index is 1.90. The second kappa shape index (κ2) is 7.42. The third kappa shape index (κ3) is 3.36. The Morgan fingerprint density at radius 1 is 1.00 bits per heavy atom. The first-order valence-corrected chi connectivity index (χ1v) is 11.1. The highest BCUT2D eigenvalue weighted by Crippen LogP contribution is 2.40. The number of fused-ring (bicyclic) bond motifs is 4. The summed E-state index contributed by atoms with van der Waals surface area (Å²) in [5.41, 5.74) is 7.33. The van der Waals surface area contributed by atoms with E-state index in [9.17, 15) is 9.65 Å². The molecule has 0 unspecified atom stereocenters. The van der Waals surface area contributed by atoms with Gasteiger partial charge in [0.05, 0.1) is 17.0 Å². The van der Waals surface area contributed by atoms with Gasteiger partial charge in [0, 0.05) is 34.4 Å². The average Bonchev–Trinajstić information content (AvgIpc) is 3.13. The average molecular weight is 438 g/mol. The van der Waals surface area contributed by atoms with E-state index in [1.807, 2.05) is 26.0 Å². The summed E-state index contributed by atoms with van der Waals surface area (Å²) in [6.45, 7) is 8.14. The lowest BCUT2D eigenvalue weighted by Crippen LogP contribution is -2.33. The maximum atomic E-state index is 13.9. The van der Waals surface area contributed by atoms with E-state index in [2.05, 4.69) is 55.8 Å². The van der Waals surface area contributed by atoms with Crippen LogP contribution >= 0.6 is 0 Å². The lowest BCUT2D eigenvalue weighted by Gasteiger charge is -2.18. The molecular formula is C29H26FN2O+. The number of aromatic nitrogens is 1. The van der Waals surface area contributed by atoms with E-state index in [0.29, 0.717) is 12.0 Å². The van der Waals surface area contributed by atoms with Crippen LogP contribution in [0.15, 0.2) is 59.0 Å². The number of para-hydroxylation sites is 1. The van der Waals surface area contributed by atoms with Crippen molar-refractivity contribution in [3.8, 4) is 17.3 Å². The first kappa shape index (κ1) is 21.2. The van der Waals surface area contributed by atoms with Gasteiger partial charge in [-0.3, -0.25) is 0 Å². The molecule has 33 heavy (non-hydrogen) atoms. The van der Waals surface area contributed by atoms with Gasteiger partial charge in [-0.05, 0) is 75.1 Å². The van der Waals surface area contributed by atoms with Gasteiger partial charge in [-0.25, -0.2) is 4.39 Å². The molecule has 3 nitrogen and oxygen atoms in total. The summed E-state index contributed by atoms with van der Waals surface area (Å²) in [5.74, 6) is -0.311. The highest BCUT2D eigenvalue weighted by atomic mass is 19.1. The van der Waals surface area contributed by atoms with Crippen molar-refractivity contribution in [3.63, 3.8) is 0 Å². The van der Waals surface area contributed by atoms with Crippen molar-refractivity contribution >= 4 is 32.8 Å². The Bertz CT molecular complexity index is 1620. The zero-order valence-electron chi connectivity index (χ0n) is 19.6. The number of nitriles is 1. The van der Waals surface area contributed by atoms with E-state index in [4.69, 9.17) is 4.42 Å². The van der Waals surface area contributed by atoms with Crippen molar-refractivity contribution in [1.29, 1.82) is 5.26 Å². The van der Waals surface area contributed by atoms with Crippen LogP contribution in [0.3, 0.4) is 0 Å². The van der Waals surface area contributed by atoms with Crippen LogP contribution < -0.4 is 4.57 Å². The van der Waals surface area contributed by atoms with Gasteiger partial charge in [0.25, 0.3) is 0 Å². The Morgan fingerprint density at radius 2 is 1.76 bits per heavy atom. The van der Waals surface area contributed by atoms with E-state index in [1.54, 1.807) is 6.07 Å². The number of hydrogen-bond acceptors (Lipinski definition) is 2. The molecular weight excluding hydrogens is 411 g/mol. The first-order valence-electron chi connectivity index (χ1n) is 11.1. The van der Waals surface area contributed by atoms with E-state index < -0.39 is 5.41 Å². The lowest BCUT2D eigenvalue weighted by atomic mass is 9.85. The van der Waals surface area contributed by atoms with Crippen LogP contribution in [-0.4, -0.2) is 0 Å². The van der Waals surface area contributed by atoms with Crippen molar-refractivity contribution in [2.75, 3.05) is 0 Å². The number of benzene rings is 3. The Hall–Kier alpha value is -3.71. The van der Waals surface area contributed by atoms with Crippen LogP contribution in [0.1, 0.15) is 30.5 Å². The third-order valence-corrected chi connectivity index (χ3v) is 6.72. The Kier molecular flexibility index (Phi) is 4.76. The number of aryl methyl sites for hydroxylation is 2. The van der Waals surface area contributed by atoms with E-state index in [1.165, 1.54) is 12.1 Å². The van der Waals surface area contributed by atoms with Crippen LogP contribution in [0.4, 0.5) is 4.39 Å². The summed E-state index contributed by atoms with van der Waals surface area (Å²) < 4.78 is 22.4. The van der Waals surface area contributed by atoms with Gasteiger partial charge in [-0.15, -0.1) is 0 Å². The maximum Gasteiger partial charge on any atom is 0.217 e. The molecule has 0 fully saturated rings. The molecule has 0 amide bonds.